The molecule has 0 saturated carbocycles. The molecular weight excluding hydrogens is 356 g/mol. The van der Waals surface area contributed by atoms with E-state index >= 15 is 0 Å². The Balaban J connectivity index is 1.84. The normalized spacial score (nSPS) is 17.8. The van der Waals surface area contributed by atoms with Crippen LogP contribution in [-0.4, -0.2) is 29.1 Å². The summed E-state index contributed by atoms with van der Waals surface area (Å²) in [6.07, 6.45) is 0. The van der Waals surface area contributed by atoms with Gasteiger partial charge in [0, 0.05) is 22.4 Å². The number of carbonyl (C=O) groups is 1. The van der Waals surface area contributed by atoms with Gasteiger partial charge in [-0.05, 0) is 57.5 Å². The van der Waals surface area contributed by atoms with E-state index in [1.165, 1.54) is 5.01 Å². The molecule has 0 fully saturated rings. The topological polar surface area (TPSA) is 89.2 Å². The Morgan fingerprint density at radius 1 is 1.18 bits per heavy atom. The molecule has 2 heterocycles. The highest BCUT2D eigenvalue weighted by Gasteiger charge is 2.34. The van der Waals surface area contributed by atoms with Crippen LogP contribution < -0.4 is 20.5 Å². The summed E-state index contributed by atoms with van der Waals surface area (Å²) >= 11 is 0. The van der Waals surface area contributed by atoms with Crippen LogP contribution in [0.2, 0.25) is 0 Å². The number of nitrogens with two attached hydrogens (primary N) is 1. The van der Waals surface area contributed by atoms with Gasteiger partial charge in [-0.15, -0.1) is 0 Å². The molecule has 2 aliphatic rings. The number of carbonyl (C=O) groups excluding carboxylic acids is 1. The van der Waals surface area contributed by atoms with Gasteiger partial charge in [0.1, 0.15) is 0 Å². The van der Waals surface area contributed by atoms with Gasteiger partial charge in [0.25, 0.3) is 0 Å². The van der Waals surface area contributed by atoms with Crippen LogP contribution in [0.1, 0.15) is 50.4 Å². The second kappa shape index (κ2) is 6.44. The van der Waals surface area contributed by atoms with Crippen LogP contribution in [0.5, 0.6) is 11.5 Å². The third-order valence-corrected chi connectivity index (χ3v) is 4.70. The number of hydrogen-bond acceptors (Lipinski definition) is 5. The first-order valence-electron chi connectivity index (χ1n) is 9.23. The number of nitrogens with zero attached hydrogens (tertiary/aromatic N) is 2. The van der Waals surface area contributed by atoms with Crippen molar-refractivity contribution < 1.29 is 14.3 Å². The van der Waals surface area contributed by atoms with Crippen LogP contribution in [0.4, 0.5) is 10.5 Å². The molecule has 4 rings (SSSR count). The lowest BCUT2D eigenvalue weighted by Crippen LogP contribution is -2.48. The Labute approximate surface area is 164 Å². The van der Waals surface area contributed by atoms with E-state index < -0.39 is 0 Å². The first-order valence-corrected chi connectivity index (χ1v) is 9.23. The molecular formula is C21H24N4O3. The Bertz CT molecular complexity index is 961. The van der Waals surface area contributed by atoms with Crippen LogP contribution in [0.25, 0.3) is 0 Å². The predicted octanol–water partition coefficient (Wildman–Crippen LogP) is 3.63. The molecule has 3 N–H and O–H groups in total. The van der Waals surface area contributed by atoms with Crippen LogP contribution >= 0.6 is 0 Å². The Morgan fingerprint density at radius 2 is 1.82 bits per heavy atom. The van der Waals surface area contributed by atoms with Crippen molar-refractivity contribution in [2.45, 2.75) is 39.3 Å². The number of nitrogen functional groups attached to an aromatic ring is 1. The van der Waals surface area contributed by atoms with Gasteiger partial charge < -0.3 is 20.5 Å². The second-order valence-corrected chi connectivity index (χ2v) is 8.06. The summed E-state index contributed by atoms with van der Waals surface area (Å²) in [6.45, 7) is 7.96. The van der Waals surface area contributed by atoms with Crippen molar-refractivity contribution in [3.05, 3.63) is 53.1 Å². The summed E-state index contributed by atoms with van der Waals surface area (Å²) in [4.78, 5) is 12.9. The molecule has 0 spiro atoms. The Hall–Kier alpha value is -3.22. The fourth-order valence-electron chi connectivity index (χ4n) is 3.34. The zero-order valence-corrected chi connectivity index (χ0v) is 16.4. The zero-order valence-electron chi connectivity index (χ0n) is 16.4. The number of urea groups is 1. The molecule has 2 aliphatic heterocycles. The van der Waals surface area contributed by atoms with Gasteiger partial charge in [0.2, 0.25) is 6.79 Å². The molecule has 7 nitrogen and oxygen atoms in total. The fraction of sp³-hybridized carbons (Fsp3) is 0.333. The third-order valence-electron chi connectivity index (χ3n) is 4.70. The number of hydrazone groups is 1. The fourth-order valence-corrected chi connectivity index (χ4v) is 3.34. The summed E-state index contributed by atoms with van der Waals surface area (Å²) in [5, 5.41) is 9.19. The maximum absolute atomic E-state index is 12.9. The van der Waals surface area contributed by atoms with E-state index in [4.69, 9.17) is 20.3 Å². The molecule has 2 aromatic rings. The summed E-state index contributed by atoms with van der Waals surface area (Å²) in [5.74, 6) is 1.36. The smallest absolute Gasteiger partial charge is 0.338 e. The van der Waals surface area contributed by atoms with Crippen LogP contribution in [0.3, 0.4) is 0 Å². The number of hydrogen-bond donors (Lipinski definition) is 2. The van der Waals surface area contributed by atoms with E-state index in [0.717, 1.165) is 16.7 Å². The number of fused-ring (bicyclic) bond motifs is 2. The molecule has 0 aliphatic carbocycles. The van der Waals surface area contributed by atoms with E-state index in [0.29, 0.717) is 22.9 Å². The molecule has 2 amide bonds. The SMILES string of the molecule is CC1c2cc3c(cc2C(c2ccc(N)cc2)=NN1C(=O)NC(C)(C)C)OCO3. The lowest BCUT2D eigenvalue weighted by atomic mass is 9.91. The third kappa shape index (κ3) is 3.24. The average Bonchev–Trinajstić information content (AvgIpc) is 3.07. The van der Waals surface area contributed by atoms with E-state index in [-0.39, 0.29) is 24.4 Å². The van der Waals surface area contributed by atoms with E-state index in [1.54, 1.807) is 0 Å². The average molecular weight is 380 g/mol. The summed E-state index contributed by atoms with van der Waals surface area (Å²) in [6, 6.07) is 10.8. The molecule has 1 unspecified atom stereocenters. The van der Waals surface area contributed by atoms with Crippen LogP contribution in [0.15, 0.2) is 41.5 Å². The van der Waals surface area contributed by atoms with Crippen molar-refractivity contribution >= 4 is 17.4 Å². The molecule has 2 aromatic carbocycles. The predicted molar refractivity (Wildman–Crippen MR) is 108 cm³/mol. The monoisotopic (exact) mass is 380 g/mol. The van der Waals surface area contributed by atoms with Gasteiger partial charge in [-0.1, -0.05) is 12.1 Å². The van der Waals surface area contributed by atoms with Crippen molar-refractivity contribution in [3.8, 4) is 11.5 Å². The molecule has 7 heteroatoms. The number of rotatable bonds is 1. The number of benzene rings is 2. The van der Waals surface area contributed by atoms with E-state index in [1.807, 2.05) is 64.1 Å². The first-order chi connectivity index (χ1) is 13.2. The largest absolute Gasteiger partial charge is 0.454 e. The number of nitrogens with one attached hydrogen (secondary N) is 1. The summed E-state index contributed by atoms with van der Waals surface area (Å²) in [7, 11) is 0. The second-order valence-electron chi connectivity index (χ2n) is 8.06. The molecule has 0 saturated heterocycles. The molecule has 1 atom stereocenters. The Morgan fingerprint density at radius 3 is 2.46 bits per heavy atom. The summed E-state index contributed by atoms with van der Waals surface area (Å²) in [5.41, 5.74) is 9.57. The number of anilines is 1. The van der Waals surface area contributed by atoms with Gasteiger partial charge in [-0.3, -0.25) is 0 Å². The zero-order chi connectivity index (χ0) is 20.1. The molecule has 0 aromatic heterocycles. The quantitative estimate of drug-likeness (QED) is 0.739. The maximum Gasteiger partial charge on any atom is 0.338 e. The highest BCUT2D eigenvalue weighted by molar-refractivity contribution is 6.15. The van der Waals surface area contributed by atoms with Crippen LogP contribution in [0, 0.1) is 0 Å². The summed E-state index contributed by atoms with van der Waals surface area (Å²) < 4.78 is 11.1. The lowest BCUT2D eigenvalue weighted by molar-refractivity contribution is 0.170. The molecule has 0 radical (unpaired) electrons. The first kappa shape index (κ1) is 18.2. The number of amides is 2. The minimum absolute atomic E-state index is 0.190. The van der Waals surface area contributed by atoms with Gasteiger partial charge in [-0.25, -0.2) is 9.80 Å². The molecule has 28 heavy (non-hydrogen) atoms. The van der Waals surface area contributed by atoms with E-state index in [9.17, 15) is 4.79 Å². The van der Waals surface area contributed by atoms with Gasteiger partial charge in [-0.2, -0.15) is 5.10 Å². The van der Waals surface area contributed by atoms with Gasteiger partial charge in [0.15, 0.2) is 11.5 Å². The van der Waals surface area contributed by atoms with Gasteiger partial charge >= 0.3 is 6.03 Å². The van der Waals surface area contributed by atoms with Crippen molar-refractivity contribution in [2.75, 3.05) is 12.5 Å². The highest BCUT2D eigenvalue weighted by Crippen LogP contribution is 2.41. The molecule has 0 bridgehead atoms. The van der Waals surface area contributed by atoms with Crippen LogP contribution in [-0.2, 0) is 0 Å². The highest BCUT2D eigenvalue weighted by atomic mass is 16.7. The van der Waals surface area contributed by atoms with E-state index in [2.05, 4.69) is 5.32 Å². The van der Waals surface area contributed by atoms with Gasteiger partial charge in [0.05, 0.1) is 11.8 Å². The minimum atomic E-state index is -0.372. The lowest BCUT2D eigenvalue weighted by Gasteiger charge is -2.34. The molecule has 146 valence electrons. The maximum atomic E-state index is 12.9. The minimum Gasteiger partial charge on any atom is -0.454 e. The standard InChI is InChI=1S/C21H24N4O3/c1-12-15-9-17-18(28-11-27-17)10-16(15)19(13-5-7-14(22)8-6-13)24-25(12)20(26)23-21(2,3)4/h5-10,12H,11,22H2,1-4H3,(H,23,26). The van der Waals surface area contributed by atoms with Crippen molar-refractivity contribution in [1.82, 2.24) is 10.3 Å². The van der Waals surface area contributed by atoms with Crippen molar-refractivity contribution in [3.63, 3.8) is 0 Å². The van der Waals surface area contributed by atoms with Crippen molar-refractivity contribution in [1.29, 1.82) is 0 Å². The number of ether oxygens (including phenoxy) is 2. The Kier molecular flexibility index (Phi) is 4.18. The van der Waals surface area contributed by atoms with Crippen molar-refractivity contribution in [2.24, 2.45) is 5.10 Å².